The SMILES string of the molecule is C[C@@H]1C[C@H]2[C@@H]3C[C@H](F)C4=CC(=O)C=C[C@]4(C)[C@@]3(F)[C@@H](O)C[C@]2(C)[C@@]1(OC(=O)O[C@@H]1C[C@H](C)C2CC[C@H]21)C(=O)OCC#N. The molecule has 13 atom stereocenters. The van der Waals surface area contributed by atoms with Gasteiger partial charge in [-0.05, 0) is 86.8 Å². The smallest absolute Gasteiger partial charge is 0.447 e. The number of aliphatic hydroxyl groups excluding tert-OH is 1. The molecule has 0 aromatic rings. The van der Waals surface area contributed by atoms with Crippen molar-refractivity contribution in [2.75, 3.05) is 6.61 Å². The van der Waals surface area contributed by atoms with Crippen molar-refractivity contribution in [2.45, 2.75) is 95.9 Å². The highest BCUT2D eigenvalue weighted by Gasteiger charge is 2.79. The van der Waals surface area contributed by atoms with E-state index < -0.39 is 76.6 Å². The van der Waals surface area contributed by atoms with E-state index in [4.69, 9.17) is 19.5 Å². The Kier molecular flexibility index (Phi) is 6.69. The second-order valence-electron chi connectivity index (χ2n) is 14.1. The number of esters is 1. The molecule has 1 unspecified atom stereocenters. The van der Waals surface area contributed by atoms with Gasteiger partial charge in [0.15, 0.2) is 18.1 Å². The molecule has 0 aliphatic heterocycles. The largest absolute Gasteiger partial charge is 0.509 e. The normalized spacial score (nSPS) is 50.2. The summed E-state index contributed by atoms with van der Waals surface area (Å²) in [5, 5.41) is 20.8. The maximum atomic E-state index is 17.6. The Morgan fingerprint density at radius 3 is 2.50 bits per heavy atom. The predicted molar refractivity (Wildman–Crippen MR) is 144 cm³/mol. The first kappa shape index (κ1) is 29.3. The molecule has 6 aliphatic carbocycles. The number of hydrogen-bond donors (Lipinski definition) is 1. The molecule has 0 aromatic heterocycles. The summed E-state index contributed by atoms with van der Waals surface area (Å²) in [5.74, 6) is -2.75. The first-order chi connectivity index (χ1) is 19.7. The molecule has 6 rings (SSSR count). The molecule has 1 N–H and O–H groups in total. The van der Waals surface area contributed by atoms with Crippen molar-refractivity contribution in [3.8, 4) is 6.07 Å². The van der Waals surface area contributed by atoms with Crippen molar-refractivity contribution in [2.24, 2.45) is 46.3 Å². The van der Waals surface area contributed by atoms with Gasteiger partial charge in [-0.2, -0.15) is 5.26 Å². The van der Waals surface area contributed by atoms with Crippen LogP contribution in [0.4, 0.5) is 13.6 Å². The van der Waals surface area contributed by atoms with Crippen molar-refractivity contribution in [3.05, 3.63) is 23.8 Å². The topological polar surface area (TPSA) is 123 Å². The minimum Gasteiger partial charge on any atom is -0.447 e. The van der Waals surface area contributed by atoms with Crippen molar-refractivity contribution in [1.82, 2.24) is 0 Å². The number of nitrogens with zero attached hydrogens (tertiary/aromatic N) is 1. The highest BCUT2D eigenvalue weighted by Crippen LogP contribution is 2.71. The summed E-state index contributed by atoms with van der Waals surface area (Å²) < 4.78 is 50.5. The molecule has 42 heavy (non-hydrogen) atoms. The Balaban J connectivity index is 1.38. The van der Waals surface area contributed by atoms with E-state index in [0.717, 1.165) is 18.9 Å². The van der Waals surface area contributed by atoms with E-state index in [1.54, 1.807) is 19.9 Å². The Hall–Kier alpha value is -2.80. The number of nitriles is 1. The third-order valence-electron chi connectivity index (χ3n) is 12.4. The molecule has 0 saturated heterocycles. The summed E-state index contributed by atoms with van der Waals surface area (Å²) in [5.41, 5.74) is -7.31. The molecule has 5 saturated carbocycles. The molecule has 0 bridgehead atoms. The van der Waals surface area contributed by atoms with Gasteiger partial charge in [0, 0.05) is 22.7 Å². The molecule has 0 aromatic carbocycles. The summed E-state index contributed by atoms with van der Waals surface area (Å²) in [4.78, 5) is 39.5. The van der Waals surface area contributed by atoms with Crippen LogP contribution >= 0.6 is 0 Å². The van der Waals surface area contributed by atoms with Crippen molar-refractivity contribution in [1.29, 1.82) is 5.26 Å². The second-order valence-corrected chi connectivity index (χ2v) is 14.1. The van der Waals surface area contributed by atoms with Crippen molar-refractivity contribution >= 4 is 17.9 Å². The van der Waals surface area contributed by atoms with Gasteiger partial charge in [0.05, 0.1) is 6.10 Å². The molecule has 0 heterocycles. The number of ketones is 1. The lowest BCUT2D eigenvalue weighted by molar-refractivity contribution is -0.234. The molecule has 0 spiro atoms. The van der Waals surface area contributed by atoms with E-state index >= 15 is 8.78 Å². The average Bonchev–Trinajstić information content (AvgIpc) is 3.24. The number of allylic oxidation sites excluding steroid dienone is 4. The molecule has 5 fully saturated rings. The zero-order chi connectivity index (χ0) is 30.4. The number of fused-ring (bicyclic) bond motifs is 6. The van der Waals surface area contributed by atoms with Crippen LogP contribution < -0.4 is 0 Å². The van der Waals surface area contributed by atoms with Crippen molar-refractivity contribution < 1.29 is 42.5 Å². The third-order valence-corrected chi connectivity index (χ3v) is 12.4. The predicted octanol–water partition coefficient (Wildman–Crippen LogP) is 4.94. The van der Waals surface area contributed by atoms with Crippen LogP contribution in [0.3, 0.4) is 0 Å². The first-order valence-corrected chi connectivity index (χ1v) is 15.1. The number of alkyl halides is 2. The summed E-state index contributed by atoms with van der Waals surface area (Å²) in [6, 6.07) is 1.76. The number of rotatable bonds is 4. The summed E-state index contributed by atoms with van der Waals surface area (Å²) in [6.45, 7) is 6.39. The van der Waals surface area contributed by atoms with Gasteiger partial charge in [-0.25, -0.2) is 18.4 Å². The first-order valence-electron chi connectivity index (χ1n) is 15.1. The Morgan fingerprint density at radius 1 is 1.14 bits per heavy atom. The fourth-order valence-corrected chi connectivity index (χ4v) is 10.3. The molecule has 0 radical (unpaired) electrons. The standard InChI is InChI=1S/C32H39F2NO7/c1-16-11-25(20-6-5-19(16)20)41-28(39)42-32(27(38)40-10-9-35)17(2)12-21-22-14-24(33)23-13-18(36)7-8-29(23,3)31(22,34)26(37)15-30(21,32)4/h7-8,13,16-17,19-22,24-26,37H,5-6,10-12,14-15H2,1-4H3/t16-,17+,19?,20+,21-,22-,24-,25+,26-,29-,30-,31-,32-/m0/s1. The second kappa shape index (κ2) is 9.60. The Bertz CT molecular complexity index is 1310. The monoisotopic (exact) mass is 587 g/mol. The van der Waals surface area contributed by atoms with Gasteiger partial charge in [0.25, 0.3) is 0 Å². The number of carbonyl (C=O) groups excluding carboxylic acids is 3. The van der Waals surface area contributed by atoms with Crippen LogP contribution in [0.25, 0.3) is 0 Å². The maximum Gasteiger partial charge on any atom is 0.509 e. The summed E-state index contributed by atoms with van der Waals surface area (Å²) in [7, 11) is 0. The van der Waals surface area contributed by atoms with E-state index in [-0.39, 0.29) is 36.9 Å². The summed E-state index contributed by atoms with van der Waals surface area (Å²) >= 11 is 0. The Labute approximate surface area is 244 Å². The quantitative estimate of drug-likeness (QED) is 0.459. The fourth-order valence-electron chi connectivity index (χ4n) is 10.3. The van der Waals surface area contributed by atoms with E-state index in [1.165, 1.54) is 19.1 Å². The lowest BCUT2D eigenvalue weighted by Gasteiger charge is -2.62. The molecule has 10 heteroatoms. The van der Waals surface area contributed by atoms with Gasteiger partial charge in [0.2, 0.25) is 5.60 Å². The van der Waals surface area contributed by atoms with Gasteiger partial charge in [0.1, 0.15) is 18.3 Å². The van der Waals surface area contributed by atoms with Crippen LogP contribution in [-0.2, 0) is 23.8 Å². The fraction of sp³-hybridized carbons (Fsp3) is 0.750. The van der Waals surface area contributed by atoms with Gasteiger partial charge in [-0.1, -0.05) is 26.8 Å². The molecule has 228 valence electrons. The van der Waals surface area contributed by atoms with Crippen molar-refractivity contribution in [3.63, 3.8) is 0 Å². The molecule has 0 amide bonds. The number of aliphatic hydroxyl groups is 1. The minimum absolute atomic E-state index is 0.00191. The third kappa shape index (κ3) is 3.61. The summed E-state index contributed by atoms with van der Waals surface area (Å²) in [6.07, 6.45) is 1.28. The maximum absolute atomic E-state index is 17.6. The van der Waals surface area contributed by atoms with Gasteiger partial charge in [-0.3, -0.25) is 4.79 Å². The average molecular weight is 588 g/mol. The molecule has 6 aliphatic rings. The van der Waals surface area contributed by atoms with Crippen LogP contribution in [0, 0.1) is 57.7 Å². The van der Waals surface area contributed by atoms with E-state index in [1.807, 2.05) is 0 Å². The van der Waals surface area contributed by atoms with Gasteiger partial charge < -0.3 is 19.3 Å². The molecular weight excluding hydrogens is 548 g/mol. The lowest BCUT2D eigenvalue weighted by atomic mass is 9.44. The van der Waals surface area contributed by atoms with E-state index in [9.17, 15) is 19.5 Å². The number of hydrogen-bond acceptors (Lipinski definition) is 8. The van der Waals surface area contributed by atoms with E-state index in [0.29, 0.717) is 18.3 Å². The molecular formula is C32H39F2NO7. The zero-order valence-electron chi connectivity index (χ0n) is 24.5. The number of ether oxygens (including phenoxy) is 3. The van der Waals surface area contributed by atoms with Crippen LogP contribution in [0.1, 0.15) is 66.2 Å². The highest BCUT2D eigenvalue weighted by atomic mass is 19.1. The number of carbonyl (C=O) groups is 3. The molecule has 8 nitrogen and oxygen atoms in total. The minimum atomic E-state index is -2.35. The van der Waals surface area contributed by atoms with Crippen LogP contribution in [0.15, 0.2) is 23.8 Å². The lowest BCUT2D eigenvalue weighted by Crippen LogP contribution is -2.71. The van der Waals surface area contributed by atoms with E-state index in [2.05, 4.69) is 6.92 Å². The Morgan fingerprint density at radius 2 is 1.86 bits per heavy atom. The van der Waals surface area contributed by atoms with Gasteiger partial charge in [-0.15, -0.1) is 0 Å². The van der Waals surface area contributed by atoms with Crippen LogP contribution in [0.5, 0.6) is 0 Å². The zero-order valence-corrected chi connectivity index (χ0v) is 24.5. The highest BCUT2D eigenvalue weighted by molar-refractivity contribution is 6.01. The van der Waals surface area contributed by atoms with Crippen LogP contribution in [0.2, 0.25) is 0 Å². The van der Waals surface area contributed by atoms with Gasteiger partial charge >= 0.3 is 12.1 Å². The number of halogens is 2. The van der Waals surface area contributed by atoms with Crippen LogP contribution in [-0.4, -0.2) is 59.3 Å².